The van der Waals surface area contributed by atoms with Crippen molar-refractivity contribution in [3.05, 3.63) is 39.5 Å². The molecule has 1 aliphatic carbocycles. The summed E-state index contributed by atoms with van der Waals surface area (Å²) < 4.78 is 15.6. The molecule has 148 valence electrons. The van der Waals surface area contributed by atoms with Crippen molar-refractivity contribution in [3.8, 4) is 11.8 Å². The van der Waals surface area contributed by atoms with Gasteiger partial charge in [-0.1, -0.05) is 18.1 Å². The van der Waals surface area contributed by atoms with Crippen LogP contribution in [0.2, 0.25) is 0 Å². The Balaban J connectivity index is 1.99. The van der Waals surface area contributed by atoms with Crippen LogP contribution in [0.25, 0.3) is 0 Å². The van der Waals surface area contributed by atoms with E-state index in [4.69, 9.17) is 14.2 Å². The highest BCUT2D eigenvalue weighted by atomic mass is 16.5. The summed E-state index contributed by atoms with van der Waals surface area (Å²) in [7, 11) is 2.98. The van der Waals surface area contributed by atoms with Gasteiger partial charge < -0.3 is 14.2 Å². The Hall–Kier alpha value is -2.81. The highest BCUT2D eigenvalue weighted by Gasteiger charge is 2.32. The molecule has 0 spiro atoms. The number of rotatable bonds is 5. The van der Waals surface area contributed by atoms with Crippen LogP contribution in [0.3, 0.4) is 0 Å². The van der Waals surface area contributed by atoms with Gasteiger partial charge in [0.2, 0.25) is 0 Å². The van der Waals surface area contributed by atoms with E-state index in [1.165, 1.54) is 12.7 Å². The molecule has 6 heteroatoms. The van der Waals surface area contributed by atoms with Crippen LogP contribution in [0.4, 0.5) is 0 Å². The second kappa shape index (κ2) is 8.47. The van der Waals surface area contributed by atoms with Crippen LogP contribution in [0.15, 0.2) is 11.6 Å². The van der Waals surface area contributed by atoms with E-state index in [2.05, 4.69) is 12.1 Å². The molecule has 2 aliphatic rings. The van der Waals surface area contributed by atoms with E-state index < -0.39 is 5.97 Å². The van der Waals surface area contributed by atoms with E-state index in [1.54, 1.807) is 7.11 Å². The smallest absolute Gasteiger partial charge is 0.340 e. The number of carbonyl (C=O) groups excluding carboxylic acids is 2. The molecule has 28 heavy (non-hydrogen) atoms. The molecule has 0 radical (unpaired) electrons. The molecule has 0 bridgehead atoms. The summed E-state index contributed by atoms with van der Waals surface area (Å²) in [5.74, 6) is 0.139. The number of allylic oxidation sites excluding steroid dienone is 2. The zero-order chi connectivity index (χ0) is 20.3. The van der Waals surface area contributed by atoms with Gasteiger partial charge >= 0.3 is 11.9 Å². The molecule has 1 atom stereocenters. The average Bonchev–Trinajstić information content (AvgIpc) is 3.09. The van der Waals surface area contributed by atoms with Crippen molar-refractivity contribution in [1.82, 2.24) is 0 Å². The third-order valence-corrected chi connectivity index (χ3v) is 5.79. The molecule has 1 aromatic rings. The molecule has 3 rings (SSSR count). The summed E-state index contributed by atoms with van der Waals surface area (Å²) >= 11 is 0. The van der Waals surface area contributed by atoms with Crippen LogP contribution >= 0.6 is 0 Å². The number of fused-ring (bicyclic) bond motifs is 1. The molecular weight excluding hydrogens is 358 g/mol. The van der Waals surface area contributed by atoms with Crippen LogP contribution in [-0.2, 0) is 27.3 Å². The molecule has 6 nitrogen and oxygen atoms in total. The predicted molar refractivity (Wildman–Crippen MR) is 102 cm³/mol. The summed E-state index contributed by atoms with van der Waals surface area (Å²) in [6, 6.07) is 2.18. The van der Waals surface area contributed by atoms with Gasteiger partial charge in [0.05, 0.1) is 31.8 Å². The summed E-state index contributed by atoms with van der Waals surface area (Å²) in [6.07, 6.45) is 7.01. The molecule has 1 aliphatic heterocycles. The van der Waals surface area contributed by atoms with Gasteiger partial charge in [0, 0.05) is 11.1 Å². The molecule has 1 aromatic carbocycles. The van der Waals surface area contributed by atoms with E-state index >= 15 is 0 Å². The summed E-state index contributed by atoms with van der Waals surface area (Å²) in [5.41, 5.74) is 4.18. The Labute approximate surface area is 165 Å². The monoisotopic (exact) mass is 383 g/mol. The third-order valence-electron chi connectivity index (χ3n) is 5.79. The Bertz CT molecular complexity index is 878. The van der Waals surface area contributed by atoms with Gasteiger partial charge in [0.25, 0.3) is 0 Å². The van der Waals surface area contributed by atoms with Crippen LogP contribution in [0.1, 0.15) is 64.7 Å². The lowest BCUT2D eigenvalue weighted by atomic mass is 9.81. The van der Waals surface area contributed by atoms with Gasteiger partial charge in [-0.3, -0.25) is 4.79 Å². The SMILES string of the molecule is COC(=O)CC1CCCC/C1=C\Cc1c(C#N)c2c(c(C)c1OC)COC2=O. The number of esters is 2. The van der Waals surface area contributed by atoms with Crippen molar-refractivity contribution in [2.24, 2.45) is 5.92 Å². The third kappa shape index (κ3) is 3.62. The fourth-order valence-electron chi connectivity index (χ4n) is 4.31. The van der Waals surface area contributed by atoms with Crippen LogP contribution in [0, 0.1) is 24.2 Å². The van der Waals surface area contributed by atoms with Crippen LogP contribution in [0.5, 0.6) is 5.75 Å². The average molecular weight is 383 g/mol. The number of benzene rings is 1. The van der Waals surface area contributed by atoms with Crippen LogP contribution in [-0.4, -0.2) is 26.2 Å². The lowest BCUT2D eigenvalue weighted by Crippen LogP contribution is -2.16. The Morgan fingerprint density at radius 2 is 2.14 bits per heavy atom. The number of hydrogen-bond acceptors (Lipinski definition) is 6. The lowest BCUT2D eigenvalue weighted by molar-refractivity contribution is -0.141. The van der Waals surface area contributed by atoms with Gasteiger partial charge in [0.15, 0.2) is 0 Å². The van der Waals surface area contributed by atoms with E-state index in [1.807, 2.05) is 6.92 Å². The molecule has 0 amide bonds. The molecule has 1 heterocycles. The number of ether oxygens (including phenoxy) is 3. The minimum atomic E-state index is -0.451. The van der Waals surface area contributed by atoms with Gasteiger partial charge in [-0.15, -0.1) is 0 Å². The van der Waals surface area contributed by atoms with E-state index in [-0.39, 0.29) is 18.5 Å². The van der Waals surface area contributed by atoms with E-state index in [0.717, 1.165) is 36.8 Å². The highest BCUT2D eigenvalue weighted by molar-refractivity contribution is 5.97. The first-order valence-corrected chi connectivity index (χ1v) is 9.57. The number of cyclic esters (lactones) is 1. The fourth-order valence-corrected chi connectivity index (χ4v) is 4.31. The minimum absolute atomic E-state index is 0.165. The number of hydrogen-bond donors (Lipinski definition) is 0. The number of nitrogens with zero attached hydrogens (tertiary/aromatic N) is 1. The second-order valence-corrected chi connectivity index (χ2v) is 7.26. The van der Waals surface area contributed by atoms with Crippen molar-refractivity contribution in [2.75, 3.05) is 14.2 Å². The number of methoxy groups -OCH3 is 2. The molecule has 1 saturated carbocycles. The number of carbonyl (C=O) groups is 2. The largest absolute Gasteiger partial charge is 0.496 e. The first-order chi connectivity index (χ1) is 13.5. The molecule has 1 unspecified atom stereocenters. The van der Waals surface area contributed by atoms with E-state index in [9.17, 15) is 14.9 Å². The van der Waals surface area contributed by atoms with Gasteiger partial charge in [0.1, 0.15) is 18.4 Å². The first kappa shape index (κ1) is 19.9. The van der Waals surface area contributed by atoms with E-state index in [0.29, 0.717) is 35.3 Å². The predicted octanol–water partition coefficient (Wildman–Crippen LogP) is 3.77. The Morgan fingerprint density at radius 1 is 1.36 bits per heavy atom. The van der Waals surface area contributed by atoms with Gasteiger partial charge in [-0.05, 0) is 44.1 Å². The second-order valence-electron chi connectivity index (χ2n) is 7.26. The zero-order valence-electron chi connectivity index (χ0n) is 16.6. The standard InChI is InChI=1S/C22H25NO5/c1-13-18-12-28-22(25)20(18)17(11-23)16(21(13)27-3)9-8-14-6-4-5-7-15(14)10-19(24)26-2/h8,15H,4-7,9-10,12H2,1-3H3/b14-8+. The zero-order valence-corrected chi connectivity index (χ0v) is 16.6. The molecule has 0 N–H and O–H groups in total. The maximum Gasteiger partial charge on any atom is 0.340 e. The van der Waals surface area contributed by atoms with Crippen molar-refractivity contribution in [3.63, 3.8) is 0 Å². The minimum Gasteiger partial charge on any atom is -0.496 e. The highest BCUT2D eigenvalue weighted by Crippen LogP contribution is 2.39. The quantitative estimate of drug-likeness (QED) is 0.568. The molecular formula is C22H25NO5. The van der Waals surface area contributed by atoms with Gasteiger partial charge in [-0.25, -0.2) is 4.79 Å². The topological polar surface area (TPSA) is 85.6 Å². The normalized spacial score (nSPS) is 19.7. The molecule has 0 saturated heterocycles. The Morgan fingerprint density at radius 3 is 2.82 bits per heavy atom. The molecule has 1 fully saturated rings. The number of nitriles is 1. The van der Waals surface area contributed by atoms with Crippen molar-refractivity contribution in [1.29, 1.82) is 5.26 Å². The summed E-state index contributed by atoms with van der Waals surface area (Å²) in [5, 5.41) is 9.76. The maximum atomic E-state index is 12.2. The van der Waals surface area contributed by atoms with Crippen molar-refractivity contribution >= 4 is 11.9 Å². The summed E-state index contributed by atoms with van der Waals surface area (Å²) in [4.78, 5) is 23.9. The van der Waals surface area contributed by atoms with Crippen LogP contribution < -0.4 is 4.74 Å². The lowest BCUT2D eigenvalue weighted by Gasteiger charge is -2.25. The first-order valence-electron chi connectivity index (χ1n) is 9.57. The van der Waals surface area contributed by atoms with Crippen molar-refractivity contribution in [2.45, 2.75) is 52.1 Å². The molecule has 0 aromatic heterocycles. The maximum absolute atomic E-state index is 12.2. The fraction of sp³-hybridized carbons (Fsp3) is 0.500. The van der Waals surface area contributed by atoms with Gasteiger partial charge in [-0.2, -0.15) is 5.26 Å². The summed E-state index contributed by atoms with van der Waals surface area (Å²) in [6.45, 7) is 2.06. The Kier molecular flexibility index (Phi) is 6.03. The van der Waals surface area contributed by atoms with Crippen molar-refractivity contribution < 1.29 is 23.8 Å².